The third-order valence-corrected chi connectivity index (χ3v) is 10.2. The van der Waals surface area contributed by atoms with Crippen LogP contribution in [-0.2, 0) is 35.0 Å². The highest BCUT2D eigenvalue weighted by molar-refractivity contribution is 7.55. The van der Waals surface area contributed by atoms with Gasteiger partial charge in [-0.3, -0.25) is 19.2 Å². The van der Waals surface area contributed by atoms with Crippen LogP contribution >= 0.6 is 7.67 Å². The number of H-pyrrole nitrogens is 1. The number of carboxylic acid groups (broad SMARTS) is 1. The topological polar surface area (TPSA) is 217 Å². The first-order chi connectivity index (χ1) is 25.5. The van der Waals surface area contributed by atoms with E-state index in [1.807, 2.05) is 0 Å². The van der Waals surface area contributed by atoms with Crippen molar-refractivity contribution >= 4 is 54.9 Å². The number of aromatic nitrogens is 1. The first-order valence-electron chi connectivity index (χ1n) is 17.1. The summed E-state index contributed by atoms with van der Waals surface area (Å²) >= 11 is 0. The lowest BCUT2D eigenvalue weighted by atomic mass is 10.0. The lowest BCUT2D eigenvalue weighted by molar-refractivity contribution is -0.144. The van der Waals surface area contributed by atoms with Crippen LogP contribution in [0.25, 0.3) is 11.6 Å². The van der Waals surface area contributed by atoms with Crippen LogP contribution in [0.15, 0.2) is 42.5 Å². The zero-order valence-corrected chi connectivity index (χ0v) is 31.6. The molecule has 2 aromatic carbocycles. The zero-order valence-electron chi connectivity index (χ0n) is 30.7. The number of halogens is 1. The molecule has 16 nitrogen and oxygen atoms in total. The van der Waals surface area contributed by atoms with Gasteiger partial charge in [-0.15, -0.1) is 0 Å². The molecule has 3 unspecified atom stereocenters. The van der Waals surface area contributed by atoms with Crippen LogP contribution in [0.2, 0.25) is 0 Å². The van der Waals surface area contributed by atoms with E-state index in [1.54, 1.807) is 45.9 Å². The number of carboxylic acids is 1. The number of benzene rings is 2. The summed E-state index contributed by atoms with van der Waals surface area (Å²) < 4.78 is 43.4. The minimum Gasteiger partial charge on any atom is -0.480 e. The Morgan fingerprint density at radius 3 is 2.35 bits per heavy atom. The number of hydrogen-bond acceptors (Lipinski definition) is 9. The van der Waals surface area contributed by atoms with E-state index in [-0.39, 0.29) is 49.4 Å². The van der Waals surface area contributed by atoms with Crippen molar-refractivity contribution < 1.29 is 52.0 Å². The van der Waals surface area contributed by atoms with E-state index in [9.17, 15) is 38.0 Å². The predicted molar refractivity (Wildman–Crippen MR) is 197 cm³/mol. The number of nitrogens with zero attached hydrogens (tertiary/aromatic N) is 1. The summed E-state index contributed by atoms with van der Waals surface area (Å²) in [7, 11) is -4.15. The summed E-state index contributed by atoms with van der Waals surface area (Å²) in [5, 5.41) is 19.7. The Labute approximate surface area is 311 Å². The molecule has 54 heavy (non-hydrogen) atoms. The van der Waals surface area contributed by atoms with Gasteiger partial charge in [0.15, 0.2) is 0 Å². The molecule has 6 N–H and O–H groups in total. The number of anilines is 1. The molecule has 1 aromatic heterocycles. The smallest absolute Gasteiger partial charge is 0.410 e. The summed E-state index contributed by atoms with van der Waals surface area (Å²) in [5.74, 6) is -3.16. The number of hydrogen-bond donors (Lipinski definition) is 6. The van der Waals surface area contributed by atoms with E-state index in [4.69, 9.17) is 14.0 Å². The molecule has 0 spiro atoms. The van der Waals surface area contributed by atoms with Crippen molar-refractivity contribution in [2.45, 2.75) is 60.2 Å². The Morgan fingerprint density at radius 1 is 1.02 bits per heavy atom. The molecule has 0 saturated carbocycles. The average molecular weight is 771 g/mol. The second kappa shape index (κ2) is 18.0. The molecule has 290 valence electrons. The van der Waals surface area contributed by atoms with E-state index >= 15 is 0 Å². The Balaban J connectivity index is 1.31. The molecule has 18 heteroatoms. The van der Waals surface area contributed by atoms with Crippen LogP contribution in [0.3, 0.4) is 0 Å². The van der Waals surface area contributed by atoms with E-state index in [0.29, 0.717) is 45.9 Å². The molecule has 0 aliphatic carbocycles. The van der Waals surface area contributed by atoms with E-state index in [0.717, 1.165) is 0 Å². The van der Waals surface area contributed by atoms with Gasteiger partial charge in [-0.25, -0.2) is 23.9 Å². The summed E-state index contributed by atoms with van der Waals surface area (Å²) in [5.41, 5.74) is 3.81. The average Bonchev–Trinajstić information content (AvgIpc) is 3.58. The quantitative estimate of drug-likeness (QED) is 0.0623. The van der Waals surface area contributed by atoms with E-state index in [2.05, 4.69) is 25.8 Å². The molecule has 2 heterocycles. The molecule has 3 atom stereocenters. The van der Waals surface area contributed by atoms with Gasteiger partial charge in [0, 0.05) is 42.3 Å². The van der Waals surface area contributed by atoms with Crippen molar-refractivity contribution in [3.63, 3.8) is 0 Å². The van der Waals surface area contributed by atoms with Gasteiger partial charge < -0.3 is 39.6 Å². The number of aromatic amines is 1. The second-order valence-electron chi connectivity index (χ2n) is 12.3. The molecular formula is C36H44FN6O10P. The molecule has 4 rings (SSSR count). The van der Waals surface area contributed by atoms with Crippen LogP contribution < -0.4 is 25.3 Å². The Morgan fingerprint density at radius 2 is 1.70 bits per heavy atom. The number of aryl methyl sites for hydroxylation is 1. The maximum Gasteiger partial charge on any atom is 0.410 e. The Hall–Kier alpha value is -5.51. The molecule has 0 saturated heterocycles. The van der Waals surface area contributed by atoms with E-state index < -0.39 is 43.6 Å². The zero-order chi connectivity index (χ0) is 39.7. The van der Waals surface area contributed by atoms with Gasteiger partial charge in [-0.1, -0.05) is 12.1 Å². The van der Waals surface area contributed by atoms with Crippen LogP contribution in [0.5, 0.6) is 5.75 Å². The molecule has 0 fully saturated rings. The fraction of sp³-hybridized carbons (Fsp3) is 0.361. The summed E-state index contributed by atoms with van der Waals surface area (Å²) in [4.78, 5) is 66.7. The van der Waals surface area contributed by atoms with Gasteiger partial charge in [0.1, 0.15) is 30.3 Å². The van der Waals surface area contributed by atoms with Crippen LogP contribution in [0, 0.1) is 19.7 Å². The minimum absolute atomic E-state index is 0.0781. The standard InChI is InChI=1S/C36H44FN6O10P/c1-7-43(16-15-38-33(45)31-20(3)30(39-21(31)4)18-28-27-17-25(37)11-14-29(27)40-32(28)44)36(49)52-19-24-9-12-26(13-10-24)53-54(50,41-22(5)34(46)47)42-23(6)35(48)51-8-2/h9-14,17-18,22-23,39H,7-8,15-16,19H2,1-6H3,(H,38,45)(H,40,44)(H,46,47)(H2,41,42,50)/b28-18-. The molecule has 1 aliphatic heterocycles. The second-order valence-corrected chi connectivity index (χ2v) is 14.1. The van der Waals surface area contributed by atoms with Gasteiger partial charge in [-0.2, -0.15) is 0 Å². The van der Waals surface area contributed by atoms with Gasteiger partial charge >= 0.3 is 25.7 Å². The third kappa shape index (κ3) is 10.3. The molecular weight excluding hydrogens is 726 g/mol. The maximum absolute atomic E-state index is 13.9. The van der Waals surface area contributed by atoms with E-state index in [1.165, 1.54) is 49.1 Å². The Kier molecular flexibility index (Phi) is 13.8. The van der Waals surface area contributed by atoms with Gasteiger partial charge in [0.05, 0.1) is 17.7 Å². The lowest BCUT2D eigenvalue weighted by Crippen LogP contribution is -2.42. The predicted octanol–water partition coefficient (Wildman–Crippen LogP) is 4.74. The van der Waals surface area contributed by atoms with Crippen LogP contribution in [0.1, 0.15) is 66.1 Å². The molecule has 3 amide bonds. The highest BCUT2D eigenvalue weighted by Gasteiger charge is 2.34. The number of esters is 1. The molecule has 1 aliphatic rings. The normalized spacial score (nSPS) is 15.0. The van der Waals surface area contributed by atoms with Crippen LogP contribution in [-0.4, -0.2) is 83.2 Å². The monoisotopic (exact) mass is 770 g/mol. The van der Waals surface area contributed by atoms with Crippen molar-refractivity contribution in [3.05, 3.63) is 81.9 Å². The van der Waals surface area contributed by atoms with Crippen molar-refractivity contribution in [1.82, 2.24) is 25.4 Å². The maximum atomic E-state index is 13.9. The van der Waals surface area contributed by atoms with Gasteiger partial charge in [0.2, 0.25) is 0 Å². The van der Waals surface area contributed by atoms with Crippen molar-refractivity contribution in [2.75, 3.05) is 31.6 Å². The minimum atomic E-state index is -4.15. The SMILES string of the molecule is CCOC(=O)C(C)NP(=O)(NC(C)C(=O)O)Oc1ccc(COC(=O)N(CC)CCNC(=O)c2c(C)[nH]c(/C=C3\C(=O)Nc4ccc(F)cc43)c2C)cc1. The van der Waals surface area contributed by atoms with Crippen molar-refractivity contribution in [3.8, 4) is 5.75 Å². The number of likely N-dealkylation sites (N-methyl/N-ethyl adjacent to an activating group) is 1. The van der Waals surface area contributed by atoms with Crippen molar-refractivity contribution in [2.24, 2.45) is 0 Å². The van der Waals surface area contributed by atoms with Crippen LogP contribution in [0.4, 0.5) is 14.9 Å². The molecule has 3 aromatic rings. The van der Waals surface area contributed by atoms with Gasteiger partial charge in [0.25, 0.3) is 11.8 Å². The number of nitrogens with one attached hydrogen (secondary N) is 5. The van der Waals surface area contributed by atoms with Gasteiger partial charge in [-0.05, 0) is 89.1 Å². The fourth-order valence-corrected chi connectivity index (χ4v) is 7.32. The number of carbonyl (C=O) groups excluding carboxylic acids is 4. The number of carbonyl (C=O) groups is 5. The Bertz CT molecular complexity index is 1980. The number of rotatable bonds is 17. The lowest BCUT2D eigenvalue weighted by Gasteiger charge is -2.25. The number of ether oxygens (including phenoxy) is 2. The number of amides is 3. The number of aliphatic carboxylic acids is 1. The molecule has 0 bridgehead atoms. The number of fused-ring (bicyclic) bond motifs is 1. The first kappa shape index (κ1) is 41.2. The van der Waals surface area contributed by atoms with Crippen molar-refractivity contribution in [1.29, 1.82) is 0 Å². The largest absolute Gasteiger partial charge is 0.480 e. The summed E-state index contributed by atoms with van der Waals surface area (Å²) in [6, 6.07) is 7.65. The highest BCUT2D eigenvalue weighted by atomic mass is 31.2. The highest BCUT2D eigenvalue weighted by Crippen LogP contribution is 2.40. The molecule has 0 radical (unpaired) electrons. The first-order valence-corrected chi connectivity index (χ1v) is 18.7. The summed E-state index contributed by atoms with van der Waals surface area (Å²) in [6.45, 7) is 10.0. The third-order valence-electron chi connectivity index (χ3n) is 8.32. The summed E-state index contributed by atoms with van der Waals surface area (Å²) in [6.07, 6.45) is 0.954. The fourth-order valence-electron chi connectivity index (χ4n) is 5.48.